The summed E-state index contributed by atoms with van der Waals surface area (Å²) in [6.45, 7) is 5.65. The summed E-state index contributed by atoms with van der Waals surface area (Å²) in [6.07, 6.45) is 9.12. The monoisotopic (exact) mass is 389 g/mol. The van der Waals surface area contributed by atoms with E-state index in [0.29, 0.717) is 19.0 Å². The first-order valence-corrected chi connectivity index (χ1v) is 10.6. The predicted molar refractivity (Wildman–Crippen MR) is 115 cm³/mol. The lowest BCUT2D eigenvalue weighted by molar-refractivity contribution is 0.286. The smallest absolute Gasteiger partial charge is 0.297 e. The Bertz CT molecular complexity index is 797. The Morgan fingerprint density at radius 1 is 0.857 bits per heavy atom. The van der Waals surface area contributed by atoms with Crippen LogP contribution in [0.1, 0.15) is 65.2 Å². The number of unbranched alkanes of at least 4 members (excludes halogenated alkanes) is 6. The molecular formula is C23H35NO4. The number of aromatic nitrogens is 1. The van der Waals surface area contributed by atoms with Crippen LogP contribution in [0.3, 0.4) is 0 Å². The number of rotatable bonds is 13. The molecule has 0 N–H and O–H groups in total. The third-order valence-electron chi connectivity index (χ3n) is 5.00. The second-order valence-corrected chi connectivity index (χ2v) is 7.22. The lowest BCUT2D eigenvalue weighted by Gasteiger charge is -2.16. The molecular weight excluding hydrogens is 354 g/mol. The fourth-order valence-electron chi connectivity index (χ4n) is 3.30. The van der Waals surface area contributed by atoms with Gasteiger partial charge in [0.25, 0.3) is 5.56 Å². The van der Waals surface area contributed by atoms with Gasteiger partial charge in [-0.3, -0.25) is 4.79 Å². The Morgan fingerprint density at radius 3 is 2.11 bits per heavy atom. The van der Waals surface area contributed by atoms with E-state index in [1.54, 1.807) is 11.6 Å². The van der Waals surface area contributed by atoms with Crippen LogP contribution in [0, 0.1) is 0 Å². The van der Waals surface area contributed by atoms with Crippen molar-refractivity contribution in [1.82, 2.24) is 4.57 Å². The number of hydrogen-bond donors (Lipinski definition) is 0. The van der Waals surface area contributed by atoms with Crippen molar-refractivity contribution in [3.05, 3.63) is 28.6 Å². The minimum atomic E-state index is -0.196. The molecule has 28 heavy (non-hydrogen) atoms. The molecule has 0 aliphatic heterocycles. The molecule has 1 aromatic heterocycles. The first-order chi connectivity index (χ1) is 13.6. The van der Waals surface area contributed by atoms with E-state index in [-0.39, 0.29) is 11.3 Å². The van der Waals surface area contributed by atoms with E-state index in [1.165, 1.54) is 39.2 Å². The van der Waals surface area contributed by atoms with E-state index in [9.17, 15) is 4.79 Å². The summed E-state index contributed by atoms with van der Waals surface area (Å²) >= 11 is 0. The molecule has 0 saturated carbocycles. The number of nitrogens with zero attached hydrogens (tertiary/aromatic N) is 1. The number of pyridine rings is 1. The van der Waals surface area contributed by atoms with Crippen molar-refractivity contribution >= 4 is 10.9 Å². The van der Waals surface area contributed by atoms with E-state index < -0.39 is 0 Å². The van der Waals surface area contributed by atoms with Crippen LogP contribution in [0.5, 0.6) is 17.2 Å². The SMILES string of the molecule is CCCCCCOc1ccc2c(OCCCCCC)c(OC)c(=O)n(C)c2c1. The fraction of sp³-hybridized carbons (Fsp3) is 0.609. The van der Waals surface area contributed by atoms with Crippen molar-refractivity contribution < 1.29 is 14.2 Å². The van der Waals surface area contributed by atoms with E-state index in [2.05, 4.69) is 13.8 Å². The standard InChI is InChI=1S/C23H35NO4/c1-5-7-9-11-15-27-18-13-14-19-20(17-18)24(3)23(25)22(26-4)21(19)28-16-12-10-8-6-2/h13-14,17H,5-12,15-16H2,1-4H3. The van der Waals surface area contributed by atoms with E-state index in [1.807, 2.05) is 18.2 Å². The third-order valence-corrected chi connectivity index (χ3v) is 5.00. The summed E-state index contributed by atoms with van der Waals surface area (Å²) in [5, 5.41) is 0.868. The molecule has 2 rings (SSSR count). The molecule has 0 aliphatic carbocycles. The number of hydrogen-bond acceptors (Lipinski definition) is 4. The Hall–Kier alpha value is -2.17. The topological polar surface area (TPSA) is 49.7 Å². The molecule has 2 aromatic rings. The zero-order chi connectivity index (χ0) is 20.4. The molecule has 0 saturated heterocycles. The summed E-state index contributed by atoms with van der Waals surface area (Å²) in [7, 11) is 3.27. The summed E-state index contributed by atoms with van der Waals surface area (Å²) < 4.78 is 18.9. The van der Waals surface area contributed by atoms with Gasteiger partial charge in [0.05, 0.1) is 25.8 Å². The molecule has 1 heterocycles. The second-order valence-electron chi connectivity index (χ2n) is 7.22. The molecule has 156 valence electrons. The average molecular weight is 390 g/mol. The van der Waals surface area contributed by atoms with Crippen molar-refractivity contribution in [2.24, 2.45) is 7.05 Å². The minimum absolute atomic E-state index is 0.196. The van der Waals surface area contributed by atoms with E-state index in [4.69, 9.17) is 14.2 Å². The van der Waals surface area contributed by atoms with Gasteiger partial charge >= 0.3 is 0 Å². The number of aryl methyl sites for hydroxylation is 1. The highest BCUT2D eigenvalue weighted by Crippen LogP contribution is 2.34. The molecule has 0 amide bonds. The summed E-state index contributed by atoms with van der Waals surface area (Å²) in [5.74, 6) is 1.57. The summed E-state index contributed by atoms with van der Waals surface area (Å²) in [6, 6.07) is 5.82. The van der Waals surface area contributed by atoms with Gasteiger partial charge in [-0.15, -0.1) is 0 Å². The van der Waals surface area contributed by atoms with E-state index in [0.717, 1.165) is 35.9 Å². The highest BCUT2D eigenvalue weighted by molar-refractivity contribution is 5.89. The minimum Gasteiger partial charge on any atom is -0.494 e. The molecule has 0 atom stereocenters. The van der Waals surface area contributed by atoms with Crippen LogP contribution in [0.4, 0.5) is 0 Å². The highest BCUT2D eigenvalue weighted by Gasteiger charge is 2.18. The zero-order valence-electron chi connectivity index (χ0n) is 17.9. The fourth-order valence-corrected chi connectivity index (χ4v) is 3.30. The third kappa shape index (κ3) is 5.66. The van der Waals surface area contributed by atoms with Gasteiger partial charge in [-0.25, -0.2) is 0 Å². The lowest BCUT2D eigenvalue weighted by atomic mass is 10.1. The molecule has 0 spiro atoms. The maximum absolute atomic E-state index is 12.7. The molecule has 1 aromatic carbocycles. The first kappa shape index (κ1) is 22.1. The maximum atomic E-state index is 12.7. The lowest BCUT2D eigenvalue weighted by Crippen LogP contribution is -2.20. The van der Waals surface area contributed by atoms with Crippen LogP contribution >= 0.6 is 0 Å². The van der Waals surface area contributed by atoms with Gasteiger partial charge in [-0.1, -0.05) is 52.4 Å². The Labute approximate surface area is 168 Å². The number of fused-ring (bicyclic) bond motifs is 1. The van der Waals surface area contributed by atoms with Crippen LogP contribution in [-0.4, -0.2) is 24.9 Å². The number of methoxy groups -OCH3 is 1. The Kier molecular flexibility index (Phi) is 9.18. The average Bonchev–Trinajstić information content (AvgIpc) is 2.71. The van der Waals surface area contributed by atoms with Crippen LogP contribution in [0.2, 0.25) is 0 Å². The van der Waals surface area contributed by atoms with Crippen LogP contribution in [-0.2, 0) is 7.05 Å². The van der Waals surface area contributed by atoms with Gasteiger partial charge in [0, 0.05) is 18.5 Å². The zero-order valence-corrected chi connectivity index (χ0v) is 17.9. The predicted octanol–water partition coefficient (Wildman–Crippen LogP) is 5.47. The van der Waals surface area contributed by atoms with Crippen molar-refractivity contribution in [1.29, 1.82) is 0 Å². The van der Waals surface area contributed by atoms with Crippen molar-refractivity contribution in [2.45, 2.75) is 65.2 Å². The number of ether oxygens (including phenoxy) is 3. The summed E-state index contributed by atoms with van der Waals surface area (Å²) in [4.78, 5) is 12.7. The Balaban J connectivity index is 2.23. The maximum Gasteiger partial charge on any atom is 0.297 e. The normalized spacial score (nSPS) is 11.0. The van der Waals surface area contributed by atoms with Gasteiger partial charge in [0.1, 0.15) is 5.75 Å². The van der Waals surface area contributed by atoms with Crippen molar-refractivity contribution in [2.75, 3.05) is 20.3 Å². The van der Waals surface area contributed by atoms with Gasteiger partial charge in [0.15, 0.2) is 5.75 Å². The molecule has 0 fully saturated rings. The second kappa shape index (κ2) is 11.6. The van der Waals surface area contributed by atoms with E-state index >= 15 is 0 Å². The van der Waals surface area contributed by atoms with Crippen LogP contribution in [0.25, 0.3) is 10.9 Å². The van der Waals surface area contributed by atoms with Crippen LogP contribution < -0.4 is 19.8 Å². The largest absolute Gasteiger partial charge is 0.494 e. The van der Waals surface area contributed by atoms with Gasteiger partial charge in [-0.05, 0) is 25.0 Å². The molecule has 0 unspecified atom stereocenters. The highest BCUT2D eigenvalue weighted by atomic mass is 16.5. The molecule has 0 aliphatic rings. The van der Waals surface area contributed by atoms with Gasteiger partial charge < -0.3 is 18.8 Å². The molecule has 0 bridgehead atoms. The molecule has 5 nitrogen and oxygen atoms in total. The summed E-state index contributed by atoms with van der Waals surface area (Å²) in [5.41, 5.74) is 0.596. The van der Waals surface area contributed by atoms with Crippen molar-refractivity contribution in [3.63, 3.8) is 0 Å². The molecule has 5 heteroatoms. The van der Waals surface area contributed by atoms with Crippen molar-refractivity contribution in [3.8, 4) is 17.2 Å². The molecule has 0 radical (unpaired) electrons. The Morgan fingerprint density at radius 2 is 1.50 bits per heavy atom. The first-order valence-electron chi connectivity index (χ1n) is 10.6. The quantitative estimate of drug-likeness (QED) is 0.427. The van der Waals surface area contributed by atoms with Crippen LogP contribution in [0.15, 0.2) is 23.0 Å². The van der Waals surface area contributed by atoms with Gasteiger partial charge in [0.2, 0.25) is 5.75 Å². The number of benzene rings is 1. The van der Waals surface area contributed by atoms with Gasteiger partial charge in [-0.2, -0.15) is 0 Å².